The highest BCUT2D eigenvalue weighted by Crippen LogP contribution is 2.21. The molecule has 2 aromatic carbocycles. The molecule has 1 aliphatic heterocycles. The standard InChI is InChI=1S/C27H32N4O3S/c1-22-4-3-5-27(20-22)35(33,34)29(2)15-12-26(32)21-23-6-8-24(9-7-23)30-16-18-31(19-17-30)25-10-13-28-14-11-25/h3-11,13-14,20H,12,15-19,21H2,1-2H3. The van der Waals surface area contributed by atoms with Crippen LogP contribution in [0.4, 0.5) is 11.4 Å². The summed E-state index contributed by atoms with van der Waals surface area (Å²) >= 11 is 0. The molecule has 7 nitrogen and oxygen atoms in total. The van der Waals surface area contributed by atoms with E-state index < -0.39 is 10.0 Å². The second-order valence-corrected chi connectivity index (χ2v) is 11.0. The molecule has 0 N–H and O–H groups in total. The minimum absolute atomic E-state index is 0.0232. The maximum absolute atomic E-state index is 12.7. The monoisotopic (exact) mass is 492 g/mol. The van der Waals surface area contributed by atoms with Gasteiger partial charge in [0.25, 0.3) is 0 Å². The number of sulfonamides is 1. The van der Waals surface area contributed by atoms with E-state index >= 15 is 0 Å². The van der Waals surface area contributed by atoms with Crippen LogP contribution in [0.25, 0.3) is 0 Å². The van der Waals surface area contributed by atoms with E-state index in [0.29, 0.717) is 6.42 Å². The van der Waals surface area contributed by atoms with Gasteiger partial charge in [0, 0.05) is 76.4 Å². The number of aryl methyl sites for hydroxylation is 1. The molecule has 1 aliphatic rings. The van der Waals surface area contributed by atoms with Gasteiger partial charge in [-0.15, -0.1) is 0 Å². The topological polar surface area (TPSA) is 73.8 Å². The van der Waals surface area contributed by atoms with Gasteiger partial charge in [0.2, 0.25) is 10.0 Å². The van der Waals surface area contributed by atoms with Gasteiger partial charge in [-0.25, -0.2) is 12.7 Å². The lowest BCUT2D eigenvalue weighted by Gasteiger charge is -2.37. The van der Waals surface area contributed by atoms with Crippen molar-refractivity contribution in [2.75, 3.05) is 49.6 Å². The van der Waals surface area contributed by atoms with Crippen molar-refractivity contribution >= 4 is 27.2 Å². The predicted octanol–water partition coefficient (Wildman–Crippen LogP) is 3.54. The maximum atomic E-state index is 12.7. The molecule has 0 saturated carbocycles. The minimum Gasteiger partial charge on any atom is -0.368 e. The Kier molecular flexibility index (Phi) is 7.83. The highest BCUT2D eigenvalue weighted by Gasteiger charge is 2.21. The van der Waals surface area contributed by atoms with E-state index in [0.717, 1.165) is 43.0 Å². The van der Waals surface area contributed by atoms with Crippen molar-refractivity contribution < 1.29 is 13.2 Å². The van der Waals surface area contributed by atoms with Gasteiger partial charge in [0.05, 0.1) is 4.90 Å². The Bertz CT molecular complexity index is 1240. The van der Waals surface area contributed by atoms with Crippen LogP contribution >= 0.6 is 0 Å². The summed E-state index contributed by atoms with van der Waals surface area (Å²) in [5, 5.41) is 0. The van der Waals surface area contributed by atoms with Crippen LogP contribution in [0.2, 0.25) is 0 Å². The predicted molar refractivity (Wildman–Crippen MR) is 139 cm³/mol. The third-order valence-corrected chi connectivity index (χ3v) is 8.27. The van der Waals surface area contributed by atoms with Gasteiger partial charge in [-0.05, 0) is 54.4 Å². The van der Waals surface area contributed by atoms with Crippen LogP contribution in [0.5, 0.6) is 0 Å². The minimum atomic E-state index is -3.60. The van der Waals surface area contributed by atoms with Crippen molar-refractivity contribution in [2.45, 2.75) is 24.7 Å². The number of benzene rings is 2. The zero-order valence-electron chi connectivity index (χ0n) is 20.3. The molecule has 35 heavy (non-hydrogen) atoms. The average molecular weight is 493 g/mol. The first kappa shape index (κ1) is 24.9. The van der Waals surface area contributed by atoms with Crippen LogP contribution in [0, 0.1) is 6.92 Å². The summed E-state index contributed by atoms with van der Waals surface area (Å²) in [6.07, 6.45) is 4.13. The van der Waals surface area contributed by atoms with Crippen LogP contribution < -0.4 is 9.80 Å². The average Bonchev–Trinajstić information content (AvgIpc) is 2.88. The number of nitrogens with zero attached hydrogens (tertiary/aromatic N) is 4. The van der Waals surface area contributed by atoms with E-state index in [1.54, 1.807) is 18.2 Å². The Labute approximate surface area is 208 Å². The van der Waals surface area contributed by atoms with Gasteiger partial charge in [-0.1, -0.05) is 24.3 Å². The largest absolute Gasteiger partial charge is 0.368 e. The highest BCUT2D eigenvalue weighted by molar-refractivity contribution is 7.89. The second-order valence-electron chi connectivity index (χ2n) is 8.95. The van der Waals surface area contributed by atoms with E-state index in [2.05, 4.69) is 26.9 Å². The Morgan fingerprint density at radius 2 is 1.51 bits per heavy atom. The summed E-state index contributed by atoms with van der Waals surface area (Å²) in [4.78, 5) is 21.6. The van der Waals surface area contributed by atoms with Gasteiger partial charge >= 0.3 is 0 Å². The molecule has 0 aliphatic carbocycles. The van der Waals surface area contributed by atoms with Crippen molar-refractivity contribution in [3.63, 3.8) is 0 Å². The normalized spacial score (nSPS) is 14.4. The Balaban J connectivity index is 1.26. The number of anilines is 2. The highest BCUT2D eigenvalue weighted by atomic mass is 32.2. The molecule has 184 valence electrons. The number of carbonyl (C=O) groups is 1. The van der Waals surface area contributed by atoms with Crippen LogP contribution in [0.15, 0.2) is 78.0 Å². The van der Waals surface area contributed by atoms with E-state index in [-0.39, 0.29) is 23.6 Å². The fraction of sp³-hybridized carbons (Fsp3) is 0.333. The van der Waals surface area contributed by atoms with Crippen LogP contribution in [0.3, 0.4) is 0 Å². The molecule has 0 unspecified atom stereocenters. The van der Waals surface area contributed by atoms with Crippen molar-refractivity contribution in [1.29, 1.82) is 0 Å². The molecule has 3 aromatic rings. The van der Waals surface area contributed by atoms with Crippen molar-refractivity contribution in [1.82, 2.24) is 9.29 Å². The molecule has 2 heterocycles. The number of aromatic nitrogens is 1. The van der Waals surface area contributed by atoms with Crippen molar-refractivity contribution in [2.24, 2.45) is 0 Å². The molecule has 0 bridgehead atoms. The Morgan fingerprint density at radius 1 is 0.914 bits per heavy atom. The van der Waals surface area contributed by atoms with Crippen molar-refractivity contribution in [3.05, 3.63) is 84.2 Å². The van der Waals surface area contributed by atoms with E-state index in [4.69, 9.17) is 0 Å². The quantitative estimate of drug-likeness (QED) is 0.455. The first-order valence-corrected chi connectivity index (χ1v) is 13.3. The number of pyridine rings is 1. The van der Waals surface area contributed by atoms with Gasteiger partial charge in [-0.2, -0.15) is 0 Å². The number of carbonyl (C=O) groups excluding carboxylic acids is 1. The summed E-state index contributed by atoms with van der Waals surface area (Å²) < 4.78 is 26.8. The molecule has 0 radical (unpaired) electrons. The fourth-order valence-electron chi connectivity index (χ4n) is 4.28. The summed E-state index contributed by atoms with van der Waals surface area (Å²) in [7, 11) is -2.08. The molecular weight excluding hydrogens is 460 g/mol. The molecule has 1 aromatic heterocycles. The first-order chi connectivity index (χ1) is 16.8. The van der Waals surface area contributed by atoms with Crippen LogP contribution in [-0.2, 0) is 21.2 Å². The molecule has 1 fully saturated rings. The molecule has 4 rings (SSSR count). The number of rotatable bonds is 9. The molecule has 1 saturated heterocycles. The maximum Gasteiger partial charge on any atom is 0.242 e. The molecule has 8 heteroatoms. The fourth-order valence-corrected chi connectivity index (χ4v) is 5.55. The van der Waals surface area contributed by atoms with E-state index in [1.165, 1.54) is 17.0 Å². The lowest BCUT2D eigenvalue weighted by Crippen LogP contribution is -2.46. The number of hydrogen-bond donors (Lipinski definition) is 0. The third-order valence-electron chi connectivity index (χ3n) is 6.41. The number of ketones is 1. The second kappa shape index (κ2) is 11.0. The van der Waals surface area contributed by atoms with E-state index in [1.807, 2.05) is 49.6 Å². The van der Waals surface area contributed by atoms with Gasteiger partial charge in [0.15, 0.2) is 0 Å². The summed E-state index contributed by atoms with van der Waals surface area (Å²) in [6, 6.07) is 19.0. The Morgan fingerprint density at radius 3 is 2.11 bits per heavy atom. The molecule has 0 atom stereocenters. The molecule has 0 spiro atoms. The lowest BCUT2D eigenvalue weighted by atomic mass is 10.1. The van der Waals surface area contributed by atoms with Gasteiger partial charge < -0.3 is 9.80 Å². The zero-order valence-corrected chi connectivity index (χ0v) is 21.1. The zero-order chi connectivity index (χ0) is 24.8. The molecular formula is C27H32N4O3S. The third kappa shape index (κ3) is 6.26. The summed E-state index contributed by atoms with van der Waals surface area (Å²) in [5.41, 5.74) is 4.18. The van der Waals surface area contributed by atoms with Gasteiger partial charge in [0.1, 0.15) is 5.78 Å². The SMILES string of the molecule is Cc1cccc(S(=O)(=O)N(C)CCC(=O)Cc2ccc(N3CCN(c4ccncc4)CC3)cc2)c1. The number of Topliss-reactive ketones (excluding diaryl/α,β-unsaturated/α-hetero) is 1. The van der Waals surface area contributed by atoms with Crippen LogP contribution in [-0.4, -0.2) is 63.3 Å². The summed E-state index contributed by atoms with van der Waals surface area (Å²) in [5.74, 6) is 0.0232. The molecule has 0 amide bonds. The first-order valence-electron chi connectivity index (χ1n) is 11.9. The van der Waals surface area contributed by atoms with Crippen molar-refractivity contribution in [3.8, 4) is 0 Å². The lowest BCUT2D eigenvalue weighted by molar-refractivity contribution is -0.118. The van der Waals surface area contributed by atoms with Crippen LogP contribution in [0.1, 0.15) is 17.5 Å². The smallest absolute Gasteiger partial charge is 0.242 e. The van der Waals surface area contributed by atoms with E-state index in [9.17, 15) is 13.2 Å². The number of piperazine rings is 1. The number of hydrogen-bond acceptors (Lipinski definition) is 6. The van der Waals surface area contributed by atoms with Gasteiger partial charge in [-0.3, -0.25) is 9.78 Å². The summed E-state index contributed by atoms with van der Waals surface area (Å²) in [6.45, 7) is 5.78. The Hall–Kier alpha value is -3.23.